The molecule has 0 radical (unpaired) electrons. The van der Waals surface area contributed by atoms with Crippen LogP contribution in [0.2, 0.25) is 0 Å². The Balaban J connectivity index is 1.63. The van der Waals surface area contributed by atoms with Gasteiger partial charge in [-0.2, -0.15) is 0 Å². The van der Waals surface area contributed by atoms with Gasteiger partial charge in [0.2, 0.25) is 11.8 Å². The summed E-state index contributed by atoms with van der Waals surface area (Å²) in [6, 6.07) is 18.8. The highest BCUT2D eigenvalue weighted by atomic mass is 32.2. The van der Waals surface area contributed by atoms with Crippen LogP contribution in [0.3, 0.4) is 0 Å². The number of thiophene rings is 1. The van der Waals surface area contributed by atoms with Crippen LogP contribution in [0.4, 0.5) is 10.7 Å². The van der Waals surface area contributed by atoms with E-state index < -0.39 is 11.9 Å². The first kappa shape index (κ1) is 24.3. The van der Waals surface area contributed by atoms with Crippen LogP contribution in [-0.2, 0) is 20.7 Å². The van der Waals surface area contributed by atoms with Crippen molar-refractivity contribution in [3.63, 3.8) is 0 Å². The number of benzene rings is 2. The number of carbonyl (C=O) groups excluding carboxylic acids is 3. The molecular formula is C24H25N3O4S2. The van der Waals surface area contributed by atoms with Gasteiger partial charge in [-0.05, 0) is 36.2 Å². The third-order valence-corrected chi connectivity index (χ3v) is 6.04. The topological polar surface area (TPSA) is 96.5 Å². The Labute approximate surface area is 201 Å². The van der Waals surface area contributed by atoms with Gasteiger partial charge in [0.05, 0.1) is 25.1 Å². The molecule has 172 valence electrons. The smallest absolute Gasteiger partial charge is 0.341 e. The highest BCUT2D eigenvalue weighted by Crippen LogP contribution is 2.35. The summed E-state index contributed by atoms with van der Waals surface area (Å²) in [5.41, 5.74) is 2.96. The fraction of sp³-hybridized carbons (Fsp3) is 0.208. The highest BCUT2D eigenvalue weighted by Gasteiger charge is 2.20. The number of amides is 2. The fourth-order valence-corrected chi connectivity index (χ4v) is 4.48. The lowest BCUT2D eigenvalue weighted by Crippen LogP contribution is -2.33. The van der Waals surface area contributed by atoms with Crippen molar-refractivity contribution in [3.8, 4) is 10.4 Å². The van der Waals surface area contributed by atoms with E-state index in [1.54, 1.807) is 13.0 Å². The van der Waals surface area contributed by atoms with Gasteiger partial charge in [-0.15, -0.1) is 11.3 Å². The first-order valence-electron chi connectivity index (χ1n) is 10.3. The molecule has 2 aromatic carbocycles. The molecule has 0 aliphatic carbocycles. The van der Waals surface area contributed by atoms with E-state index in [2.05, 4.69) is 15.4 Å². The lowest BCUT2D eigenvalue weighted by Gasteiger charge is -2.08. The molecule has 0 aliphatic rings. The summed E-state index contributed by atoms with van der Waals surface area (Å²) in [6.45, 7) is 1.75. The predicted octanol–water partition coefficient (Wildman–Crippen LogP) is 4.58. The number of rotatable bonds is 10. The van der Waals surface area contributed by atoms with Crippen LogP contribution in [-0.4, -0.2) is 37.2 Å². The molecule has 3 rings (SSSR count). The Kier molecular flexibility index (Phi) is 8.91. The average molecular weight is 484 g/mol. The fourth-order valence-electron chi connectivity index (χ4n) is 3.05. The van der Waals surface area contributed by atoms with Crippen LogP contribution in [0.15, 0.2) is 60.7 Å². The molecule has 1 aromatic heterocycles. The van der Waals surface area contributed by atoms with Crippen molar-refractivity contribution in [2.24, 2.45) is 0 Å². The van der Waals surface area contributed by atoms with Crippen LogP contribution in [0.1, 0.15) is 22.8 Å². The van der Waals surface area contributed by atoms with E-state index in [-0.39, 0.29) is 25.5 Å². The van der Waals surface area contributed by atoms with E-state index in [0.29, 0.717) is 10.6 Å². The second-order valence-corrected chi connectivity index (χ2v) is 8.61. The van der Waals surface area contributed by atoms with Gasteiger partial charge in [-0.1, -0.05) is 54.4 Å². The molecule has 1 heterocycles. The minimum absolute atomic E-state index is 0.155. The first-order valence-corrected chi connectivity index (χ1v) is 12.3. The summed E-state index contributed by atoms with van der Waals surface area (Å²) >= 11 is 2.75. The monoisotopic (exact) mass is 483 g/mol. The number of hydrogen-bond acceptors (Lipinski definition) is 7. The molecule has 0 fully saturated rings. The first-order chi connectivity index (χ1) is 16.0. The Bertz CT molecular complexity index is 1120. The van der Waals surface area contributed by atoms with Gasteiger partial charge in [0.15, 0.2) is 0 Å². The minimum Gasteiger partial charge on any atom is -0.462 e. The molecule has 0 atom stereocenters. The van der Waals surface area contributed by atoms with Crippen molar-refractivity contribution in [1.29, 1.82) is 0 Å². The van der Waals surface area contributed by atoms with Crippen LogP contribution in [0, 0.1) is 0 Å². The standard InChI is InChI=1S/C24H25N3O4S2/c1-3-31-24(30)19-14-20(17-9-5-4-6-10-17)33-23(19)26-22(29)15-25-21(28)13-16-8-7-11-18(12-16)27-32-2/h4-12,14,27H,3,13,15H2,1-2H3,(H,25,28)(H,26,29). The van der Waals surface area contributed by atoms with Crippen LogP contribution < -0.4 is 15.4 Å². The zero-order valence-electron chi connectivity index (χ0n) is 18.3. The van der Waals surface area contributed by atoms with Gasteiger partial charge in [0.25, 0.3) is 0 Å². The summed E-state index contributed by atoms with van der Waals surface area (Å²) in [6.07, 6.45) is 2.07. The normalized spacial score (nSPS) is 10.4. The summed E-state index contributed by atoms with van der Waals surface area (Å²) in [7, 11) is 0. The largest absolute Gasteiger partial charge is 0.462 e. The van der Waals surface area contributed by atoms with Crippen molar-refractivity contribution in [1.82, 2.24) is 5.32 Å². The molecule has 0 bridgehead atoms. The Morgan fingerprint density at radius 1 is 1.00 bits per heavy atom. The lowest BCUT2D eigenvalue weighted by molar-refractivity contribution is -0.123. The molecule has 0 aliphatic heterocycles. The second kappa shape index (κ2) is 12.1. The summed E-state index contributed by atoms with van der Waals surface area (Å²) < 4.78 is 8.25. The van der Waals surface area contributed by atoms with Gasteiger partial charge in [-0.25, -0.2) is 4.79 Å². The molecule has 0 saturated heterocycles. The van der Waals surface area contributed by atoms with E-state index in [1.807, 2.05) is 60.9 Å². The number of anilines is 2. The maximum atomic E-state index is 12.5. The van der Waals surface area contributed by atoms with Crippen molar-refractivity contribution < 1.29 is 19.1 Å². The second-order valence-electron chi connectivity index (χ2n) is 6.95. The maximum Gasteiger partial charge on any atom is 0.341 e. The summed E-state index contributed by atoms with van der Waals surface area (Å²) in [5.74, 6) is -1.20. The molecule has 33 heavy (non-hydrogen) atoms. The molecule has 0 saturated carbocycles. The van der Waals surface area contributed by atoms with E-state index >= 15 is 0 Å². The molecule has 0 unspecified atom stereocenters. The summed E-state index contributed by atoms with van der Waals surface area (Å²) in [5, 5.41) is 5.75. The Hall–Kier alpha value is -3.30. The number of nitrogens with one attached hydrogen (secondary N) is 3. The third-order valence-electron chi connectivity index (χ3n) is 4.50. The molecule has 9 heteroatoms. The van der Waals surface area contributed by atoms with E-state index in [4.69, 9.17) is 4.74 Å². The van der Waals surface area contributed by atoms with E-state index in [0.717, 1.165) is 21.7 Å². The molecule has 0 spiro atoms. The molecule has 3 aromatic rings. The van der Waals surface area contributed by atoms with Crippen LogP contribution in [0.5, 0.6) is 0 Å². The number of hydrogen-bond donors (Lipinski definition) is 3. The van der Waals surface area contributed by atoms with Gasteiger partial charge in [0.1, 0.15) is 5.00 Å². The number of carbonyl (C=O) groups is 3. The van der Waals surface area contributed by atoms with Crippen molar-refractivity contribution in [2.45, 2.75) is 13.3 Å². The van der Waals surface area contributed by atoms with E-state index in [1.165, 1.54) is 23.3 Å². The Morgan fingerprint density at radius 2 is 1.79 bits per heavy atom. The SMILES string of the molecule is CCOC(=O)c1cc(-c2ccccc2)sc1NC(=O)CNC(=O)Cc1cccc(NSC)c1. The van der Waals surface area contributed by atoms with Crippen LogP contribution >= 0.6 is 23.3 Å². The van der Waals surface area contributed by atoms with Crippen molar-refractivity contribution in [3.05, 3.63) is 71.8 Å². The quantitative estimate of drug-likeness (QED) is 0.289. The molecular weight excluding hydrogens is 458 g/mol. The zero-order chi connectivity index (χ0) is 23.6. The minimum atomic E-state index is -0.506. The Morgan fingerprint density at radius 3 is 2.52 bits per heavy atom. The van der Waals surface area contributed by atoms with E-state index in [9.17, 15) is 14.4 Å². The van der Waals surface area contributed by atoms with Gasteiger partial charge in [-0.3, -0.25) is 9.59 Å². The van der Waals surface area contributed by atoms with Gasteiger partial charge >= 0.3 is 5.97 Å². The molecule has 7 nitrogen and oxygen atoms in total. The number of esters is 1. The van der Waals surface area contributed by atoms with Gasteiger partial charge in [0, 0.05) is 16.8 Å². The van der Waals surface area contributed by atoms with Crippen molar-refractivity contribution >= 4 is 51.8 Å². The summed E-state index contributed by atoms with van der Waals surface area (Å²) in [4.78, 5) is 38.0. The predicted molar refractivity (Wildman–Crippen MR) is 135 cm³/mol. The zero-order valence-corrected chi connectivity index (χ0v) is 20.0. The maximum absolute atomic E-state index is 12.5. The van der Waals surface area contributed by atoms with Gasteiger partial charge < -0.3 is 20.1 Å². The lowest BCUT2D eigenvalue weighted by atomic mass is 10.1. The molecule has 3 N–H and O–H groups in total. The molecule has 2 amide bonds. The van der Waals surface area contributed by atoms with Crippen molar-refractivity contribution in [2.75, 3.05) is 29.4 Å². The van der Waals surface area contributed by atoms with Crippen LogP contribution in [0.25, 0.3) is 10.4 Å². The number of ether oxygens (including phenoxy) is 1. The highest BCUT2D eigenvalue weighted by molar-refractivity contribution is 7.99. The third kappa shape index (κ3) is 7.10. The average Bonchev–Trinajstić information content (AvgIpc) is 3.23.